The van der Waals surface area contributed by atoms with E-state index in [-0.39, 0.29) is 17.5 Å². The highest BCUT2D eigenvalue weighted by Gasteiger charge is 2.40. The minimum Gasteiger partial charge on any atom is -0.495 e. The Hall–Kier alpha value is -3.97. The highest BCUT2D eigenvalue weighted by Crippen LogP contribution is 2.45. The van der Waals surface area contributed by atoms with Crippen LogP contribution in [-0.4, -0.2) is 21.9 Å². The Labute approximate surface area is 152 Å². The Morgan fingerprint density at radius 1 is 0.929 bits per heavy atom. The molecule has 0 saturated heterocycles. The van der Waals surface area contributed by atoms with Gasteiger partial charge >= 0.3 is 6.18 Å². The van der Waals surface area contributed by atoms with E-state index in [9.17, 15) is 43.5 Å². The number of non-ortho nitro benzene ring substituents is 2. The van der Waals surface area contributed by atoms with Gasteiger partial charge in [0.15, 0.2) is 0 Å². The summed E-state index contributed by atoms with van der Waals surface area (Å²) in [6.07, 6.45) is -5.20. The maximum absolute atomic E-state index is 13.4. The summed E-state index contributed by atoms with van der Waals surface area (Å²) in [5.41, 5.74) is -6.10. The average Bonchev–Trinajstić information content (AvgIpc) is 2.60. The van der Waals surface area contributed by atoms with Crippen LogP contribution in [0.25, 0.3) is 0 Å². The number of anilines is 2. The van der Waals surface area contributed by atoms with Crippen LogP contribution in [-0.2, 0) is 6.18 Å². The number of halogens is 3. The molecular weight excluding hydrogens is 393 g/mol. The Bertz CT molecular complexity index is 978. The van der Waals surface area contributed by atoms with E-state index in [1.807, 2.05) is 0 Å². The predicted octanol–water partition coefficient (Wildman–Crippen LogP) is 4.18. The van der Waals surface area contributed by atoms with E-state index in [0.29, 0.717) is 6.07 Å². The number of hydrogen-bond acceptors (Lipinski definition) is 8. The van der Waals surface area contributed by atoms with Crippen LogP contribution in [0.1, 0.15) is 5.56 Å². The molecule has 0 unspecified atom stereocenters. The number of benzene rings is 2. The SMILES string of the molecule is COc1ccc([N+](=O)[O-])cc1Nc1c([N+](=O)[O-])cc([N+](=O)[O-])cc1C(F)(F)F. The van der Waals surface area contributed by atoms with Gasteiger partial charge in [0, 0.05) is 18.2 Å². The molecule has 0 aliphatic heterocycles. The zero-order chi connectivity index (χ0) is 21.2. The second-order valence-corrected chi connectivity index (χ2v) is 5.17. The summed E-state index contributed by atoms with van der Waals surface area (Å²) < 4.78 is 45.1. The van der Waals surface area contributed by atoms with Crippen molar-refractivity contribution in [3.8, 4) is 5.75 Å². The third-order valence-corrected chi connectivity index (χ3v) is 3.47. The summed E-state index contributed by atoms with van der Waals surface area (Å²) in [6.45, 7) is 0. The Morgan fingerprint density at radius 3 is 2.00 bits per heavy atom. The Kier molecular flexibility index (Phi) is 5.33. The van der Waals surface area contributed by atoms with Gasteiger partial charge in [-0.2, -0.15) is 13.2 Å². The van der Waals surface area contributed by atoms with Crippen molar-refractivity contribution in [3.05, 3.63) is 66.2 Å². The zero-order valence-electron chi connectivity index (χ0n) is 13.7. The van der Waals surface area contributed by atoms with Crippen molar-refractivity contribution in [3.63, 3.8) is 0 Å². The molecule has 0 aromatic heterocycles. The van der Waals surface area contributed by atoms with Crippen molar-refractivity contribution in [2.45, 2.75) is 6.18 Å². The highest BCUT2D eigenvalue weighted by atomic mass is 19.4. The van der Waals surface area contributed by atoms with Gasteiger partial charge in [-0.1, -0.05) is 0 Å². The van der Waals surface area contributed by atoms with E-state index < -0.39 is 49.3 Å². The Balaban J connectivity index is 2.78. The minimum atomic E-state index is -5.20. The average molecular weight is 402 g/mol. The van der Waals surface area contributed by atoms with Crippen LogP contribution >= 0.6 is 0 Å². The highest BCUT2D eigenvalue weighted by molar-refractivity contribution is 5.79. The third kappa shape index (κ3) is 4.05. The van der Waals surface area contributed by atoms with E-state index in [1.165, 1.54) is 0 Å². The predicted molar refractivity (Wildman–Crippen MR) is 87.7 cm³/mol. The molecule has 0 heterocycles. The molecule has 0 fully saturated rings. The lowest BCUT2D eigenvalue weighted by atomic mass is 10.1. The first-order valence-corrected chi connectivity index (χ1v) is 7.09. The molecule has 2 aromatic carbocycles. The van der Waals surface area contributed by atoms with Crippen LogP contribution in [0.5, 0.6) is 5.75 Å². The number of nitro groups is 3. The lowest BCUT2D eigenvalue weighted by molar-refractivity contribution is -0.394. The number of rotatable bonds is 6. The standard InChI is InChI=1S/C14H9F3N4O7/c1-28-12-3-2-7(19(22)23)5-10(12)18-13-9(14(15,16)17)4-8(20(24)25)6-11(13)21(26)27/h2-6,18H,1H3. The largest absolute Gasteiger partial charge is 0.495 e. The number of nitrogens with zero attached hydrogens (tertiary/aromatic N) is 3. The number of alkyl halides is 3. The molecule has 0 saturated carbocycles. The zero-order valence-corrected chi connectivity index (χ0v) is 13.7. The van der Waals surface area contributed by atoms with Crippen molar-refractivity contribution in [2.24, 2.45) is 0 Å². The van der Waals surface area contributed by atoms with E-state index in [2.05, 4.69) is 5.32 Å². The molecule has 2 rings (SSSR count). The number of nitro benzene ring substituents is 3. The fourth-order valence-corrected chi connectivity index (χ4v) is 2.26. The maximum Gasteiger partial charge on any atom is 0.418 e. The molecule has 0 spiro atoms. The van der Waals surface area contributed by atoms with Crippen molar-refractivity contribution in [1.29, 1.82) is 0 Å². The molecular formula is C14H9F3N4O7. The lowest BCUT2D eigenvalue weighted by Gasteiger charge is -2.16. The second-order valence-electron chi connectivity index (χ2n) is 5.17. The summed E-state index contributed by atoms with van der Waals surface area (Å²) in [6, 6.07) is 3.37. The van der Waals surface area contributed by atoms with Crippen molar-refractivity contribution in [2.75, 3.05) is 12.4 Å². The molecule has 0 atom stereocenters. The lowest BCUT2D eigenvalue weighted by Crippen LogP contribution is -2.12. The molecule has 28 heavy (non-hydrogen) atoms. The fourth-order valence-electron chi connectivity index (χ4n) is 2.26. The molecule has 14 heteroatoms. The first-order valence-electron chi connectivity index (χ1n) is 7.09. The summed E-state index contributed by atoms with van der Waals surface area (Å²) in [5.74, 6) is -0.147. The molecule has 148 valence electrons. The van der Waals surface area contributed by atoms with Crippen LogP contribution in [0, 0.1) is 30.3 Å². The summed E-state index contributed by atoms with van der Waals surface area (Å²) in [5, 5.41) is 35.1. The Morgan fingerprint density at radius 2 is 1.54 bits per heavy atom. The number of nitrogens with one attached hydrogen (secondary N) is 1. The van der Waals surface area contributed by atoms with Gasteiger partial charge in [-0.05, 0) is 6.07 Å². The summed E-state index contributed by atoms with van der Waals surface area (Å²) >= 11 is 0. The van der Waals surface area contributed by atoms with Gasteiger partial charge in [-0.15, -0.1) is 0 Å². The molecule has 0 aliphatic carbocycles. The molecule has 2 aromatic rings. The van der Waals surface area contributed by atoms with Crippen molar-refractivity contribution < 1.29 is 32.7 Å². The first-order chi connectivity index (χ1) is 13.0. The molecule has 0 radical (unpaired) electrons. The quantitative estimate of drug-likeness (QED) is 0.558. The van der Waals surface area contributed by atoms with E-state index in [1.54, 1.807) is 0 Å². The van der Waals surface area contributed by atoms with Crippen LogP contribution in [0.15, 0.2) is 30.3 Å². The van der Waals surface area contributed by atoms with Crippen LogP contribution in [0.4, 0.5) is 41.6 Å². The normalized spacial score (nSPS) is 11.0. The summed E-state index contributed by atoms with van der Waals surface area (Å²) in [4.78, 5) is 29.7. The van der Waals surface area contributed by atoms with Crippen LogP contribution < -0.4 is 10.1 Å². The summed E-state index contributed by atoms with van der Waals surface area (Å²) in [7, 11) is 1.13. The van der Waals surface area contributed by atoms with Gasteiger partial charge in [0.2, 0.25) is 0 Å². The van der Waals surface area contributed by atoms with Crippen LogP contribution in [0.2, 0.25) is 0 Å². The van der Waals surface area contributed by atoms with E-state index >= 15 is 0 Å². The molecule has 0 aliphatic rings. The van der Waals surface area contributed by atoms with Crippen molar-refractivity contribution in [1.82, 2.24) is 0 Å². The third-order valence-electron chi connectivity index (χ3n) is 3.47. The smallest absolute Gasteiger partial charge is 0.418 e. The topological polar surface area (TPSA) is 151 Å². The first kappa shape index (κ1) is 20.3. The molecule has 0 amide bonds. The fraction of sp³-hybridized carbons (Fsp3) is 0.143. The monoisotopic (exact) mass is 402 g/mol. The van der Waals surface area contributed by atoms with Crippen LogP contribution in [0.3, 0.4) is 0 Å². The van der Waals surface area contributed by atoms with Gasteiger partial charge < -0.3 is 10.1 Å². The van der Waals surface area contributed by atoms with Gasteiger partial charge in [0.05, 0.1) is 39.2 Å². The van der Waals surface area contributed by atoms with E-state index in [4.69, 9.17) is 4.74 Å². The molecule has 11 nitrogen and oxygen atoms in total. The second kappa shape index (κ2) is 7.34. The van der Waals surface area contributed by atoms with Gasteiger partial charge in [-0.3, -0.25) is 30.3 Å². The van der Waals surface area contributed by atoms with Crippen molar-refractivity contribution >= 4 is 28.4 Å². The minimum absolute atomic E-state index is 0.124. The maximum atomic E-state index is 13.4. The number of ether oxygens (including phenoxy) is 1. The number of methoxy groups -OCH3 is 1. The molecule has 1 N–H and O–H groups in total. The van der Waals surface area contributed by atoms with Gasteiger partial charge in [-0.25, -0.2) is 0 Å². The van der Waals surface area contributed by atoms with E-state index in [0.717, 1.165) is 25.3 Å². The molecule has 0 bridgehead atoms. The number of hydrogen-bond donors (Lipinski definition) is 1. The van der Waals surface area contributed by atoms with Gasteiger partial charge in [0.1, 0.15) is 11.4 Å². The van der Waals surface area contributed by atoms with Gasteiger partial charge in [0.25, 0.3) is 17.1 Å².